The summed E-state index contributed by atoms with van der Waals surface area (Å²) in [5, 5.41) is 11.6. The SMILES string of the molecule is C#CCNC(C)(COCC)C(=O)O. The predicted molar refractivity (Wildman–Crippen MR) is 49.4 cm³/mol. The number of rotatable bonds is 6. The molecule has 1 unspecified atom stereocenters. The van der Waals surface area contributed by atoms with Crippen molar-refractivity contribution in [3.63, 3.8) is 0 Å². The van der Waals surface area contributed by atoms with Crippen LogP contribution in [0.4, 0.5) is 0 Å². The second-order valence-corrected chi connectivity index (χ2v) is 2.83. The van der Waals surface area contributed by atoms with Gasteiger partial charge in [0.1, 0.15) is 5.54 Å². The van der Waals surface area contributed by atoms with Crippen molar-refractivity contribution in [3.8, 4) is 12.3 Å². The minimum Gasteiger partial charge on any atom is -0.480 e. The molecule has 0 aromatic carbocycles. The Morgan fingerprint density at radius 1 is 1.77 bits per heavy atom. The van der Waals surface area contributed by atoms with E-state index in [1.807, 2.05) is 6.92 Å². The first-order valence-electron chi connectivity index (χ1n) is 4.06. The largest absolute Gasteiger partial charge is 0.480 e. The predicted octanol–water partition coefficient (Wildman–Crippen LogP) is 0.0890. The molecule has 0 saturated heterocycles. The van der Waals surface area contributed by atoms with Crippen LogP contribution in [0.25, 0.3) is 0 Å². The van der Waals surface area contributed by atoms with Gasteiger partial charge in [-0.1, -0.05) is 5.92 Å². The molecule has 4 nitrogen and oxygen atoms in total. The lowest BCUT2D eigenvalue weighted by molar-refractivity contribution is -0.146. The van der Waals surface area contributed by atoms with Gasteiger partial charge < -0.3 is 9.84 Å². The summed E-state index contributed by atoms with van der Waals surface area (Å²) in [7, 11) is 0. The Balaban J connectivity index is 4.18. The third kappa shape index (κ3) is 3.92. The highest BCUT2D eigenvalue weighted by Gasteiger charge is 2.32. The van der Waals surface area contributed by atoms with Crippen LogP contribution in [0.15, 0.2) is 0 Å². The summed E-state index contributed by atoms with van der Waals surface area (Å²) in [4.78, 5) is 10.8. The number of carboxylic acid groups (broad SMARTS) is 1. The highest BCUT2D eigenvalue weighted by molar-refractivity contribution is 5.78. The molecule has 0 aliphatic rings. The number of aliphatic carboxylic acids is 1. The fourth-order valence-corrected chi connectivity index (χ4v) is 0.741. The molecule has 0 spiro atoms. The van der Waals surface area contributed by atoms with E-state index in [9.17, 15) is 4.79 Å². The monoisotopic (exact) mass is 185 g/mol. The number of hydrogen-bond donors (Lipinski definition) is 2. The van der Waals surface area contributed by atoms with E-state index in [0.717, 1.165) is 0 Å². The van der Waals surface area contributed by atoms with E-state index in [4.69, 9.17) is 16.3 Å². The van der Waals surface area contributed by atoms with Crippen molar-refractivity contribution in [1.82, 2.24) is 5.32 Å². The second kappa shape index (κ2) is 5.57. The summed E-state index contributed by atoms with van der Waals surface area (Å²) in [5.41, 5.74) is -1.09. The van der Waals surface area contributed by atoms with Crippen LogP contribution in [0.5, 0.6) is 0 Å². The molecule has 0 heterocycles. The molecule has 0 aromatic heterocycles. The molecule has 74 valence electrons. The lowest BCUT2D eigenvalue weighted by Gasteiger charge is -2.24. The lowest BCUT2D eigenvalue weighted by Crippen LogP contribution is -2.53. The Labute approximate surface area is 78.3 Å². The Morgan fingerprint density at radius 2 is 2.38 bits per heavy atom. The van der Waals surface area contributed by atoms with Gasteiger partial charge in [-0.15, -0.1) is 6.42 Å². The van der Waals surface area contributed by atoms with Crippen LogP contribution in [0, 0.1) is 12.3 Å². The average molecular weight is 185 g/mol. The molecule has 2 N–H and O–H groups in total. The van der Waals surface area contributed by atoms with Crippen LogP contribution in [0.1, 0.15) is 13.8 Å². The normalized spacial score (nSPS) is 14.5. The van der Waals surface area contributed by atoms with Crippen molar-refractivity contribution >= 4 is 5.97 Å². The van der Waals surface area contributed by atoms with Crippen LogP contribution in [-0.2, 0) is 9.53 Å². The molecule has 1 atom stereocenters. The van der Waals surface area contributed by atoms with Gasteiger partial charge >= 0.3 is 5.97 Å². The number of hydrogen-bond acceptors (Lipinski definition) is 3. The zero-order chi connectivity index (χ0) is 10.3. The maximum atomic E-state index is 10.8. The number of carboxylic acids is 1. The number of nitrogens with one attached hydrogen (secondary N) is 1. The van der Waals surface area contributed by atoms with Crippen LogP contribution in [-0.4, -0.2) is 36.4 Å². The quantitative estimate of drug-likeness (QED) is 0.576. The van der Waals surface area contributed by atoms with Gasteiger partial charge in [0.15, 0.2) is 0 Å². The van der Waals surface area contributed by atoms with Gasteiger partial charge in [0, 0.05) is 6.61 Å². The van der Waals surface area contributed by atoms with Crippen LogP contribution >= 0.6 is 0 Å². The Hall–Kier alpha value is -1.05. The Kier molecular flexibility index (Phi) is 5.12. The highest BCUT2D eigenvalue weighted by Crippen LogP contribution is 2.04. The fraction of sp³-hybridized carbons (Fsp3) is 0.667. The first-order valence-corrected chi connectivity index (χ1v) is 4.06. The molecule has 0 amide bonds. The summed E-state index contributed by atoms with van der Waals surface area (Å²) in [6.45, 7) is 4.17. The maximum absolute atomic E-state index is 10.8. The number of terminal acetylenes is 1. The fourth-order valence-electron chi connectivity index (χ4n) is 0.741. The van der Waals surface area contributed by atoms with Gasteiger partial charge in [-0.25, -0.2) is 0 Å². The third-order valence-corrected chi connectivity index (χ3v) is 1.65. The van der Waals surface area contributed by atoms with Gasteiger partial charge in [0.2, 0.25) is 0 Å². The molecule has 0 aromatic rings. The van der Waals surface area contributed by atoms with E-state index in [2.05, 4.69) is 11.2 Å². The summed E-state index contributed by atoms with van der Waals surface area (Å²) >= 11 is 0. The first-order chi connectivity index (χ1) is 6.06. The van der Waals surface area contributed by atoms with Crippen LogP contribution in [0.3, 0.4) is 0 Å². The molecule has 0 saturated carbocycles. The zero-order valence-corrected chi connectivity index (χ0v) is 7.96. The molecule has 0 aliphatic carbocycles. The van der Waals surface area contributed by atoms with Gasteiger partial charge in [-0.2, -0.15) is 0 Å². The van der Waals surface area contributed by atoms with E-state index in [-0.39, 0.29) is 13.2 Å². The van der Waals surface area contributed by atoms with E-state index >= 15 is 0 Å². The molecule has 0 radical (unpaired) electrons. The summed E-state index contributed by atoms with van der Waals surface area (Å²) in [6, 6.07) is 0. The minimum atomic E-state index is -1.09. The second-order valence-electron chi connectivity index (χ2n) is 2.83. The third-order valence-electron chi connectivity index (χ3n) is 1.65. The smallest absolute Gasteiger partial charge is 0.326 e. The van der Waals surface area contributed by atoms with Crippen LogP contribution in [0.2, 0.25) is 0 Å². The van der Waals surface area contributed by atoms with E-state index in [0.29, 0.717) is 6.61 Å². The minimum absolute atomic E-state index is 0.112. The van der Waals surface area contributed by atoms with Gasteiger partial charge in [-0.3, -0.25) is 10.1 Å². The molecule has 0 aliphatic heterocycles. The molecular weight excluding hydrogens is 170 g/mol. The Morgan fingerprint density at radius 3 is 2.77 bits per heavy atom. The zero-order valence-electron chi connectivity index (χ0n) is 7.96. The summed E-state index contributed by atoms with van der Waals surface area (Å²) < 4.78 is 5.05. The summed E-state index contributed by atoms with van der Waals surface area (Å²) in [6.07, 6.45) is 5.02. The van der Waals surface area contributed by atoms with Gasteiger partial charge in [0.05, 0.1) is 13.2 Å². The maximum Gasteiger partial charge on any atom is 0.326 e. The average Bonchev–Trinajstić information content (AvgIpc) is 2.11. The Bertz CT molecular complexity index is 209. The highest BCUT2D eigenvalue weighted by atomic mass is 16.5. The molecule has 0 rings (SSSR count). The van der Waals surface area contributed by atoms with Gasteiger partial charge in [0.25, 0.3) is 0 Å². The van der Waals surface area contributed by atoms with Crippen molar-refractivity contribution in [1.29, 1.82) is 0 Å². The number of carbonyl (C=O) groups is 1. The molecular formula is C9H15NO3. The van der Waals surface area contributed by atoms with E-state index in [1.54, 1.807) is 6.92 Å². The first kappa shape index (κ1) is 11.9. The summed E-state index contributed by atoms with van der Waals surface area (Å²) in [5.74, 6) is 1.36. The molecule has 0 fully saturated rings. The van der Waals surface area contributed by atoms with Crippen LogP contribution < -0.4 is 5.32 Å². The molecule has 0 bridgehead atoms. The topological polar surface area (TPSA) is 58.6 Å². The van der Waals surface area contributed by atoms with Crippen molar-refractivity contribution in [3.05, 3.63) is 0 Å². The molecule has 13 heavy (non-hydrogen) atoms. The molecule has 4 heteroatoms. The van der Waals surface area contributed by atoms with Crippen molar-refractivity contribution in [2.24, 2.45) is 0 Å². The lowest BCUT2D eigenvalue weighted by atomic mass is 10.0. The van der Waals surface area contributed by atoms with Crippen molar-refractivity contribution in [2.45, 2.75) is 19.4 Å². The van der Waals surface area contributed by atoms with Crippen molar-refractivity contribution in [2.75, 3.05) is 19.8 Å². The number of ether oxygens (including phenoxy) is 1. The van der Waals surface area contributed by atoms with E-state index < -0.39 is 11.5 Å². The van der Waals surface area contributed by atoms with Crippen molar-refractivity contribution < 1.29 is 14.6 Å². The standard InChI is InChI=1S/C9H15NO3/c1-4-6-10-9(3,8(11)12)7-13-5-2/h1,10H,5-7H2,2-3H3,(H,11,12). The van der Waals surface area contributed by atoms with E-state index in [1.165, 1.54) is 0 Å². The van der Waals surface area contributed by atoms with Gasteiger partial charge in [-0.05, 0) is 13.8 Å².